The second-order valence-corrected chi connectivity index (χ2v) is 5.83. The summed E-state index contributed by atoms with van der Waals surface area (Å²) in [5, 5.41) is 21.8. The Bertz CT molecular complexity index is 708. The third-order valence-electron chi connectivity index (χ3n) is 4.09. The zero-order valence-corrected chi connectivity index (χ0v) is 13.2. The molecule has 1 aliphatic rings. The standard InChI is InChI=1S/C17H20N4O3/c22-11-14(8-12-4-2-1-3-5-12)19-16-18-9-13-6-7-21(17(23)24)10-15(13)20-16/h1-5,9,14,22H,6-8,10-11H2,(H,23,24)(H,18,19,20)/t14-/m0/s1. The zero-order chi connectivity index (χ0) is 16.9. The highest BCUT2D eigenvalue weighted by atomic mass is 16.4. The lowest BCUT2D eigenvalue weighted by atomic mass is 10.1. The summed E-state index contributed by atoms with van der Waals surface area (Å²) in [4.78, 5) is 21.2. The second-order valence-electron chi connectivity index (χ2n) is 5.83. The lowest BCUT2D eigenvalue weighted by molar-refractivity contribution is 0.139. The SMILES string of the molecule is O=C(O)N1CCc2cnc(N[C@H](CO)Cc3ccccc3)nc2C1. The van der Waals surface area contributed by atoms with Crippen LogP contribution in [0.3, 0.4) is 0 Å². The molecule has 2 heterocycles. The van der Waals surface area contributed by atoms with Gasteiger partial charge >= 0.3 is 6.09 Å². The summed E-state index contributed by atoms with van der Waals surface area (Å²) in [7, 11) is 0. The molecule has 1 amide bonds. The Kier molecular flexibility index (Phi) is 4.90. The molecule has 1 aromatic carbocycles. The Morgan fingerprint density at radius 1 is 1.33 bits per heavy atom. The van der Waals surface area contributed by atoms with Gasteiger partial charge in [0.2, 0.25) is 5.95 Å². The maximum absolute atomic E-state index is 11.1. The molecule has 126 valence electrons. The van der Waals surface area contributed by atoms with Gasteiger partial charge < -0.3 is 20.4 Å². The van der Waals surface area contributed by atoms with Crippen molar-refractivity contribution in [3.63, 3.8) is 0 Å². The van der Waals surface area contributed by atoms with Crippen LogP contribution in [0, 0.1) is 0 Å². The van der Waals surface area contributed by atoms with E-state index < -0.39 is 6.09 Å². The van der Waals surface area contributed by atoms with Crippen molar-refractivity contribution < 1.29 is 15.0 Å². The van der Waals surface area contributed by atoms with Gasteiger partial charge in [-0.2, -0.15) is 0 Å². The lowest BCUT2D eigenvalue weighted by Crippen LogP contribution is -2.36. The molecule has 0 saturated carbocycles. The number of rotatable bonds is 5. The molecule has 0 spiro atoms. The van der Waals surface area contributed by atoms with Crippen LogP contribution >= 0.6 is 0 Å². The van der Waals surface area contributed by atoms with Crippen LogP contribution in [0.25, 0.3) is 0 Å². The Labute approximate surface area is 140 Å². The molecule has 1 aromatic heterocycles. The first-order valence-corrected chi connectivity index (χ1v) is 7.89. The molecule has 1 atom stereocenters. The Balaban J connectivity index is 1.70. The summed E-state index contributed by atoms with van der Waals surface area (Å²) in [6, 6.07) is 9.67. The molecule has 0 aliphatic carbocycles. The van der Waals surface area contributed by atoms with Crippen LogP contribution in [0.4, 0.5) is 10.7 Å². The van der Waals surface area contributed by atoms with Crippen molar-refractivity contribution in [2.45, 2.75) is 25.4 Å². The summed E-state index contributed by atoms with van der Waals surface area (Å²) >= 11 is 0. The van der Waals surface area contributed by atoms with Crippen LogP contribution < -0.4 is 5.32 Å². The van der Waals surface area contributed by atoms with Gasteiger partial charge in [0.05, 0.1) is 24.9 Å². The number of aromatic nitrogens is 2. The topological polar surface area (TPSA) is 98.6 Å². The molecule has 0 saturated heterocycles. The minimum absolute atomic E-state index is 0.0450. The summed E-state index contributed by atoms with van der Waals surface area (Å²) < 4.78 is 0. The number of nitrogens with one attached hydrogen (secondary N) is 1. The molecular formula is C17H20N4O3. The molecular weight excluding hydrogens is 308 g/mol. The summed E-state index contributed by atoms with van der Waals surface area (Å²) in [5.41, 5.74) is 2.80. The van der Waals surface area contributed by atoms with E-state index in [2.05, 4.69) is 15.3 Å². The van der Waals surface area contributed by atoms with Gasteiger partial charge in [0.25, 0.3) is 0 Å². The average molecular weight is 328 g/mol. The van der Waals surface area contributed by atoms with E-state index in [4.69, 9.17) is 5.11 Å². The first-order chi connectivity index (χ1) is 11.7. The van der Waals surface area contributed by atoms with Crippen LogP contribution in [-0.2, 0) is 19.4 Å². The zero-order valence-electron chi connectivity index (χ0n) is 13.2. The van der Waals surface area contributed by atoms with E-state index in [1.165, 1.54) is 4.90 Å². The Hall–Kier alpha value is -2.67. The first-order valence-electron chi connectivity index (χ1n) is 7.89. The minimum Gasteiger partial charge on any atom is -0.465 e. The van der Waals surface area contributed by atoms with Crippen LogP contribution in [-0.4, -0.2) is 50.4 Å². The highest BCUT2D eigenvalue weighted by molar-refractivity contribution is 5.65. The molecule has 7 nitrogen and oxygen atoms in total. The predicted octanol–water partition coefficient (Wildman–Crippen LogP) is 1.53. The fourth-order valence-corrected chi connectivity index (χ4v) is 2.78. The monoisotopic (exact) mass is 328 g/mol. The van der Waals surface area contributed by atoms with Crippen molar-refractivity contribution in [3.8, 4) is 0 Å². The molecule has 0 unspecified atom stereocenters. The lowest BCUT2D eigenvalue weighted by Gasteiger charge is -2.26. The molecule has 24 heavy (non-hydrogen) atoms. The number of carbonyl (C=O) groups is 1. The summed E-state index contributed by atoms with van der Waals surface area (Å²) in [6.45, 7) is 0.687. The molecule has 3 rings (SSSR count). The molecule has 2 aromatic rings. The van der Waals surface area contributed by atoms with Crippen LogP contribution in [0.15, 0.2) is 36.5 Å². The van der Waals surface area contributed by atoms with Crippen molar-refractivity contribution in [1.29, 1.82) is 0 Å². The van der Waals surface area contributed by atoms with Gasteiger partial charge in [-0.25, -0.2) is 14.8 Å². The smallest absolute Gasteiger partial charge is 0.407 e. The van der Waals surface area contributed by atoms with E-state index in [1.807, 2.05) is 30.3 Å². The van der Waals surface area contributed by atoms with Gasteiger partial charge in [-0.15, -0.1) is 0 Å². The number of nitrogens with zero attached hydrogens (tertiary/aromatic N) is 3. The number of benzene rings is 1. The quantitative estimate of drug-likeness (QED) is 0.770. The molecule has 7 heteroatoms. The van der Waals surface area contributed by atoms with Gasteiger partial charge in [0, 0.05) is 12.7 Å². The third-order valence-corrected chi connectivity index (χ3v) is 4.09. The van der Waals surface area contributed by atoms with Crippen molar-refractivity contribution in [1.82, 2.24) is 14.9 Å². The second kappa shape index (κ2) is 7.27. The van der Waals surface area contributed by atoms with E-state index in [0.717, 1.165) is 16.8 Å². The fourth-order valence-electron chi connectivity index (χ4n) is 2.78. The van der Waals surface area contributed by atoms with Gasteiger partial charge in [0.15, 0.2) is 0 Å². The number of amides is 1. The van der Waals surface area contributed by atoms with Gasteiger partial charge in [-0.1, -0.05) is 30.3 Å². The maximum atomic E-state index is 11.1. The Morgan fingerprint density at radius 2 is 2.12 bits per heavy atom. The average Bonchev–Trinajstić information content (AvgIpc) is 2.61. The maximum Gasteiger partial charge on any atom is 0.407 e. The minimum atomic E-state index is -0.939. The highest BCUT2D eigenvalue weighted by Crippen LogP contribution is 2.18. The highest BCUT2D eigenvalue weighted by Gasteiger charge is 2.22. The predicted molar refractivity (Wildman–Crippen MR) is 88.8 cm³/mol. The van der Waals surface area contributed by atoms with Crippen molar-refractivity contribution in [3.05, 3.63) is 53.3 Å². The van der Waals surface area contributed by atoms with Gasteiger partial charge in [-0.05, 0) is 24.0 Å². The fraction of sp³-hybridized carbons (Fsp3) is 0.353. The molecule has 0 radical (unpaired) electrons. The van der Waals surface area contributed by atoms with Crippen LogP contribution in [0.1, 0.15) is 16.8 Å². The van der Waals surface area contributed by atoms with Crippen molar-refractivity contribution in [2.24, 2.45) is 0 Å². The van der Waals surface area contributed by atoms with Crippen LogP contribution in [0.2, 0.25) is 0 Å². The van der Waals surface area contributed by atoms with Crippen LogP contribution in [0.5, 0.6) is 0 Å². The van der Waals surface area contributed by atoms with E-state index >= 15 is 0 Å². The molecule has 0 bridgehead atoms. The first kappa shape index (κ1) is 16.2. The van der Waals surface area contributed by atoms with Gasteiger partial charge in [0.1, 0.15) is 0 Å². The van der Waals surface area contributed by atoms with E-state index in [9.17, 15) is 9.90 Å². The number of aliphatic hydroxyl groups is 1. The van der Waals surface area contributed by atoms with Gasteiger partial charge in [-0.3, -0.25) is 0 Å². The third kappa shape index (κ3) is 3.80. The molecule has 0 fully saturated rings. The van der Waals surface area contributed by atoms with Crippen molar-refractivity contribution >= 4 is 12.0 Å². The summed E-state index contributed by atoms with van der Waals surface area (Å²) in [5.74, 6) is 0.413. The molecule has 1 aliphatic heterocycles. The number of aliphatic hydroxyl groups excluding tert-OH is 1. The summed E-state index contributed by atoms with van der Waals surface area (Å²) in [6.07, 6.45) is 2.07. The Morgan fingerprint density at radius 3 is 2.83 bits per heavy atom. The number of carboxylic acid groups (broad SMARTS) is 1. The van der Waals surface area contributed by atoms with E-state index in [1.54, 1.807) is 6.20 Å². The number of hydrogen-bond donors (Lipinski definition) is 3. The number of fused-ring (bicyclic) bond motifs is 1. The molecule has 3 N–H and O–H groups in total. The normalized spacial score (nSPS) is 14.8. The van der Waals surface area contributed by atoms with E-state index in [-0.39, 0.29) is 19.2 Å². The van der Waals surface area contributed by atoms with E-state index in [0.29, 0.717) is 25.3 Å². The number of anilines is 1. The van der Waals surface area contributed by atoms with Crippen molar-refractivity contribution in [2.75, 3.05) is 18.5 Å². The largest absolute Gasteiger partial charge is 0.465 e. The number of hydrogen-bond acceptors (Lipinski definition) is 5.